The third-order valence-electron chi connectivity index (χ3n) is 6.03. The van der Waals surface area contributed by atoms with Crippen LogP contribution in [0.25, 0.3) is 0 Å². The van der Waals surface area contributed by atoms with Crippen molar-refractivity contribution in [2.24, 2.45) is 7.05 Å². The van der Waals surface area contributed by atoms with Gasteiger partial charge in [-0.2, -0.15) is 0 Å². The summed E-state index contributed by atoms with van der Waals surface area (Å²) in [4.78, 5) is 4.99. The van der Waals surface area contributed by atoms with Gasteiger partial charge in [-0.05, 0) is 38.8 Å². The Kier molecular flexibility index (Phi) is 6.09. The number of benzene rings is 1. The second-order valence-electron chi connectivity index (χ2n) is 8.49. The van der Waals surface area contributed by atoms with Crippen molar-refractivity contribution in [1.82, 2.24) is 24.6 Å². The fourth-order valence-electron chi connectivity index (χ4n) is 4.66. The third-order valence-corrected chi connectivity index (χ3v) is 6.03. The molecule has 3 heterocycles. The Hall–Kier alpha value is -1.76. The van der Waals surface area contributed by atoms with E-state index in [2.05, 4.69) is 63.7 Å². The van der Waals surface area contributed by atoms with E-state index in [0.29, 0.717) is 5.92 Å². The molecule has 6 heteroatoms. The van der Waals surface area contributed by atoms with Crippen LogP contribution in [0, 0.1) is 13.8 Å². The lowest BCUT2D eigenvalue weighted by atomic mass is 9.96. The molecule has 2 saturated heterocycles. The zero-order valence-corrected chi connectivity index (χ0v) is 17.5. The van der Waals surface area contributed by atoms with Gasteiger partial charge in [-0.1, -0.05) is 29.3 Å². The molecule has 0 spiro atoms. The summed E-state index contributed by atoms with van der Waals surface area (Å²) >= 11 is 0. The van der Waals surface area contributed by atoms with E-state index in [0.717, 1.165) is 57.6 Å². The lowest BCUT2D eigenvalue weighted by molar-refractivity contribution is 0.0326. The van der Waals surface area contributed by atoms with Gasteiger partial charge in [-0.15, -0.1) is 10.2 Å². The van der Waals surface area contributed by atoms with Crippen LogP contribution in [-0.2, 0) is 24.9 Å². The average molecular weight is 384 g/mol. The van der Waals surface area contributed by atoms with E-state index in [9.17, 15) is 0 Å². The molecule has 2 aliphatic heterocycles. The lowest BCUT2D eigenvalue weighted by Crippen LogP contribution is -2.36. The summed E-state index contributed by atoms with van der Waals surface area (Å²) in [7, 11) is 2.13. The van der Waals surface area contributed by atoms with Crippen LogP contribution in [0.2, 0.25) is 0 Å². The monoisotopic (exact) mass is 383 g/mol. The molecule has 0 amide bonds. The van der Waals surface area contributed by atoms with Gasteiger partial charge in [-0.3, -0.25) is 9.80 Å². The van der Waals surface area contributed by atoms with Gasteiger partial charge >= 0.3 is 0 Å². The van der Waals surface area contributed by atoms with E-state index in [1.54, 1.807) is 0 Å². The fourth-order valence-corrected chi connectivity index (χ4v) is 4.66. The van der Waals surface area contributed by atoms with Gasteiger partial charge in [0, 0.05) is 39.1 Å². The Labute approximate surface area is 168 Å². The zero-order chi connectivity index (χ0) is 19.5. The van der Waals surface area contributed by atoms with Crippen LogP contribution in [0.1, 0.15) is 47.1 Å². The predicted molar refractivity (Wildman–Crippen MR) is 110 cm³/mol. The third kappa shape index (κ3) is 4.62. The first-order valence-electron chi connectivity index (χ1n) is 10.6. The molecular formula is C22H33N5O. The van der Waals surface area contributed by atoms with Crippen molar-refractivity contribution in [3.63, 3.8) is 0 Å². The van der Waals surface area contributed by atoms with Gasteiger partial charge in [0.05, 0.1) is 19.8 Å². The number of hydrogen-bond acceptors (Lipinski definition) is 5. The number of nitrogens with zero attached hydrogens (tertiary/aromatic N) is 5. The van der Waals surface area contributed by atoms with Crippen LogP contribution < -0.4 is 0 Å². The van der Waals surface area contributed by atoms with Gasteiger partial charge in [0.2, 0.25) is 0 Å². The van der Waals surface area contributed by atoms with E-state index in [-0.39, 0.29) is 0 Å². The molecule has 152 valence electrons. The highest BCUT2D eigenvalue weighted by atomic mass is 16.5. The lowest BCUT2D eigenvalue weighted by Gasteiger charge is -2.32. The molecule has 1 aromatic carbocycles. The molecule has 4 rings (SSSR count). The Balaban J connectivity index is 1.41. The molecule has 6 nitrogen and oxygen atoms in total. The normalized spacial score (nSPS) is 21.9. The molecular weight excluding hydrogens is 350 g/mol. The molecule has 2 aliphatic rings. The summed E-state index contributed by atoms with van der Waals surface area (Å²) in [5.74, 6) is 2.69. The standard InChI is InChI=1S/C22H33N5O/c1-17-11-18(2)13-19(12-17)14-27-6-4-5-20(15-27)22-24-23-21(25(22)3)16-26-7-9-28-10-8-26/h11-13,20H,4-10,14-16H2,1-3H3/t20-/m1/s1. The number of hydrogen-bond donors (Lipinski definition) is 0. The van der Waals surface area contributed by atoms with E-state index < -0.39 is 0 Å². The minimum atomic E-state index is 0.468. The summed E-state index contributed by atoms with van der Waals surface area (Å²) in [6, 6.07) is 6.89. The topological polar surface area (TPSA) is 46.4 Å². The first-order valence-corrected chi connectivity index (χ1v) is 10.6. The first-order chi connectivity index (χ1) is 13.6. The summed E-state index contributed by atoms with van der Waals surface area (Å²) in [5.41, 5.74) is 4.12. The Morgan fingerprint density at radius 1 is 0.964 bits per heavy atom. The Morgan fingerprint density at radius 3 is 2.46 bits per heavy atom. The van der Waals surface area contributed by atoms with Gasteiger partial charge in [0.15, 0.2) is 0 Å². The van der Waals surface area contributed by atoms with Gasteiger partial charge in [0.1, 0.15) is 11.6 Å². The molecule has 1 atom stereocenters. The highest BCUT2D eigenvalue weighted by Crippen LogP contribution is 2.27. The number of ether oxygens (including phenoxy) is 1. The molecule has 0 saturated carbocycles. The highest BCUT2D eigenvalue weighted by Gasteiger charge is 2.26. The molecule has 2 fully saturated rings. The molecule has 0 N–H and O–H groups in total. The number of morpholine rings is 1. The van der Waals surface area contributed by atoms with Crippen LogP contribution in [0.15, 0.2) is 18.2 Å². The number of aryl methyl sites for hydroxylation is 2. The van der Waals surface area contributed by atoms with Gasteiger partial charge < -0.3 is 9.30 Å². The van der Waals surface area contributed by atoms with Crippen molar-refractivity contribution in [2.45, 2.75) is 45.7 Å². The molecule has 28 heavy (non-hydrogen) atoms. The second kappa shape index (κ2) is 8.72. The maximum Gasteiger partial charge on any atom is 0.146 e. The predicted octanol–water partition coefficient (Wildman–Crippen LogP) is 2.64. The number of rotatable bonds is 5. The average Bonchev–Trinajstić information content (AvgIpc) is 3.02. The van der Waals surface area contributed by atoms with Gasteiger partial charge in [0.25, 0.3) is 0 Å². The minimum Gasteiger partial charge on any atom is -0.379 e. The van der Waals surface area contributed by atoms with Crippen molar-refractivity contribution < 1.29 is 4.74 Å². The quantitative estimate of drug-likeness (QED) is 0.794. The van der Waals surface area contributed by atoms with E-state index in [1.165, 1.54) is 36.1 Å². The van der Waals surface area contributed by atoms with Crippen molar-refractivity contribution in [3.8, 4) is 0 Å². The van der Waals surface area contributed by atoms with Crippen LogP contribution in [0.3, 0.4) is 0 Å². The Bertz CT molecular complexity index is 776. The SMILES string of the molecule is Cc1cc(C)cc(CN2CCC[C@@H](c3nnc(CN4CCOCC4)n3C)C2)c1. The highest BCUT2D eigenvalue weighted by molar-refractivity contribution is 5.28. The van der Waals surface area contributed by atoms with Crippen molar-refractivity contribution in [1.29, 1.82) is 0 Å². The molecule has 1 aromatic heterocycles. The minimum absolute atomic E-state index is 0.468. The van der Waals surface area contributed by atoms with E-state index in [4.69, 9.17) is 4.74 Å². The van der Waals surface area contributed by atoms with E-state index in [1.807, 2.05) is 0 Å². The Morgan fingerprint density at radius 2 is 1.71 bits per heavy atom. The second-order valence-corrected chi connectivity index (χ2v) is 8.49. The maximum absolute atomic E-state index is 5.45. The van der Waals surface area contributed by atoms with Crippen LogP contribution in [0.4, 0.5) is 0 Å². The van der Waals surface area contributed by atoms with Gasteiger partial charge in [-0.25, -0.2) is 0 Å². The van der Waals surface area contributed by atoms with Crippen LogP contribution >= 0.6 is 0 Å². The summed E-state index contributed by atoms with van der Waals surface area (Å²) in [5, 5.41) is 9.13. The van der Waals surface area contributed by atoms with Crippen molar-refractivity contribution in [2.75, 3.05) is 39.4 Å². The number of likely N-dealkylation sites (tertiary alicyclic amines) is 1. The fraction of sp³-hybridized carbons (Fsp3) is 0.636. The summed E-state index contributed by atoms with van der Waals surface area (Å²) in [6.45, 7) is 12.1. The smallest absolute Gasteiger partial charge is 0.146 e. The largest absolute Gasteiger partial charge is 0.379 e. The van der Waals surface area contributed by atoms with Crippen LogP contribution in [0.5, 0.6) is 0 Å². The zero-order valence-electron chi connectivity index (χ0n) is 17.5. The number of piperidine rings is 1. The van der Waals surface area contributed by atoms with Crippen molar-refractivity contribution in [3.05, 3.63) is 46.5 Å². The molecule has 0 radical (unpaired) electrons. The number of aromatic nitrogens is 3. The summed E-state index contributed by atoms with van der Waals surface area (Å²) in [6.07, 6.45) is 2.42. The van der Waals surface area contributed by atoms with E-state index >= 15 is 0 Å². The maximum atomic E-state index is 5.45. The molecule has 0 unspecified atom stereocenters. The first kappa shape index (κ1) is 19.6. The summed E-state index contributed by atoms with van der Waals surface area (Å²) < 4.78 is 7.69. The molecule has 0 aliphatic carbocycles. The molecule has 0 bridgehead atoms. The van der Waals surface area contributed by atoms with Crippen molar-refractivity contribution >= 4 is 0 Å². The molecule has 2 aromatic rings. The van der Waals surface area contributed by atoms with Crippen LogP contribution in [-0.4, -0.2) is 64.0 Å².